The molecule has 7 nitrogen and oxygen atoms in total. The van der Waals surface area contributed by atoms with Crippen molar-refractivity contribution in [2.75, 3.05) is 33.2 Å². The summed E-state index contributed by atoms with van der Waals surface area (Å²) in [6.07, 6.45) is 2.33. The number of carbonyl (C=O) groups is 2. The minimum absolute atomic E-state index is 0.0719. The van der Waals surface area contributed by atoms with Crippen LogP contribution in [0.15, 0.2) is 33.8 Å². The van der Waals surface area contributed by atoms with Crippen molar-refractivity contribution >= 4 is 29.1 Å². The lowest BCUT2D eigenvalue weighted by molar-refractivity contribution is 0.0629. The Kier molecular flexibility index (Phi) is 5.92. The fraction of sp³-hybridized carbons (Fsp3) is 0.409. The number of hydrazone groups is 1. The number of nitrogens with zero attached hydrogens (tertiary/aromatic N) is 3. The molecule has 0 bridgehead atoms. The Balaban J connectivity index is 1.56. The summed E-state index contributed by atoms with van der Waals surface area (Å²) in [5.41, 5.74) is 5.45. The number of halogens is 1. The molecule has 0 radical (unpaired) electrons. The first-order valence-corrected chi connectivity index (χ1v) is 10.5. The van der Waals surface area contributed by atoms with Crippen LogP contribution in [0, 0.1) is 6.92 Å². The van der Waals surface area contributed by atoms with Gasteiger partial charge in [-0.15, -0.1) is 0 Å². The van der Waals surface area contributed by atoms with Crippen LogP contribution >= 0.6 is 11.6 Å². The second-order valence-corrected chi connectivity index (χ2v) is 8.25. The van der Waals surface area contributed by atoms with Gasteiger partial charge in [0.2, 0.25) is 0 Å². The maximum Gasteiger partial charge on any atom is 0.289 e. The Bertz CT molecular complexity index is 1010. The highest BCUT2D eigenvalue weighted by Gasteiger charge is 2.31. The largest absolute Gasteiger partial charge is 0.455 e. The number of carbonyl (C=O) groups excluding carboxylic acids is 2. The number of hydrogen-bond acceptors (Lipinski definition) is 5. The monoisotopic (exact) mass is 428 g/mol. The average molecular weight is 429 g/mol. The maximum atomic E-state index is 13.0. The Morgan fingerprint density at radius 2 is 1.93 bits per heavy atom. The lowest BCUT2D eigenvalue weighted by Gasteiger charge is -2.31. The molecule has 1 aromatic heterocycles. The number of likely N-dealkylation sites (N-methyl/N-ethyl adjacent to an activating group) is 1. The van der Waals surface area contributed by atoms with Crippen molar-refractivity contribution in [1.82, 2.24) is 15.2 Å². The Morgan fingerprint density at radius 1 is 1.17 bits per heavy atom. The normalized spacial score (nSPS) is 18.4. The van der Waals surface area contributed by atoms with E-state index in [0.717, 1.165) is 48.5 Å². The van der Waals surface area contributed by atoms with Gasteiger partial charge in [-0.1, -0.05) is 17.7 Å². The van der Waals surface area contributed by atoms with Crippen LogP contribution in [-0.2, 0) is 6.42 Å². The third kappa shape index (κ3) is 4.13. The van der Waals surface area contributed by atoms with Crippen LogP contribution < -0.4 is 5.43 Å². The molecule has 1 aliphatic heterocycles. The zero-order chi connectivity index (χ0) is 21.3. The van der Waals surface area contributed by atoms with Crippen LogP contribution in [0.4, 0.5) is 0 Å². The molecule has 0 spiro atoms. The van der Waals surface area contributed by atoms with E-state index in [1.165, 1.54) is 0 Å². The first-order valence-electron chi connectivity index (χ1n) is 10.2. The lowest BCUT2D eigenvalue weighted by atomic mass is 9.93. The number of nitrogens with one attached hydrogen (secondary N) is 1. The van der Waals surface area contributed by atoms with Gasteiger partial charge in [-0.25, -0.2) is 5.43 Å². The van der Waals surface area contributed by atoms with Gasteiger partial charge in [0, 0.05) is 54.3 Å². The third-order valence-corrected chi connectivity index (χ3v) is 5.92. The Morgan fingerprint density at radius 3 is 2.67 bits per heavy atom. The van der Waals surface area contributed by atoms with Crippen LogP contribution in [0.2, 0.25) is 5.02 Å². The van der Waals surface area contributed by atoms with Crippen molar-refractivity contribution < 1.29 is 14.0 Å². The molecule has 0 saturated carbocycles. The van der Waals surface area contributed by atoms with E-state index < -0.39 is 0 Å². The van der Waals surface area contributed by atoms with Gasteiger partial charge >= 0.3 is 0 Å². The molecule has 1 aliphatic carbocycles. The van der Waals surface area contributed by atoms with Gasteiger partial charge < -0.3 is 14.2 Å². The number of benzene rings is 1. The summed E-state index contributed by atoms with van der Waals surface area (Å²) >= 11 is 5.96. The highest BCUT2D eigenvalue weighted by atomic mass is 35.5. The summed E-state index contributed by atoms with van der Waals surface area (Å²) in [6, 6.07) is 6.72. The molecule has 1 aromatic carbocycles. The molecule has 158 valence electrons. The fourth-order valence-corrected chi connectivity index (χ4v) is 4.14. The highest BCUT2D eigenvalue weighted by Crippen LogP contribution is 2.30. The van der Waals surface area contributed by atoms with Gasteiger partial charge in [0.1, 0.15) is 5.76 Å². The molecule has 2 aliphatic rings. The molecule has 8 heteroatoms. The molecule has 2 aromatic rings. The van der Waals surface area contributed by atoms with E-state index in [1.54, 1.807) is 24.3 Å². The Labute approximate surface area is 180 Å². The molecule has 4 rings (SSSR count). The topological polar surface area (TPSA) is 78.2 Å². The van der Waals surface area contributed by atoms with E-state index >= 15 is 0 Å². The van der Waals surface area contributed by atoms with Gasteiger partial charge in [0.05, 0.1) is 5.71 Å². The predicted octanol–water partition coefficient (Wildman–Crippen LogP) is 3.10. The molecule has 1 N–H and O–H groups in total. The van der Waals surface area contributed by atoms with Crippen molar-refractivity contribution in [3.05, 3.63) is 57.5 Å². The van der Waals surface area contributed by atoms with Gasteiger partial charge in [-0.2, -0.15) is 5.10 Å². The number of furan rings is 1. The van der Waals surface area contributed by atoms with E-state index in [1.807, 2.05) is 11.8 Å². The van der Waals surface area contributed by atoms with Gasteiger partial charge in [-0.05, 0) is 45.0 Å². The molecule has 0 atom stereocenters. The minimum atomic E-state index is -0.327. The third-order valence-electron chi connectivity index (χ3n) is 5.69. The summed E-state index contributed by atoms with van der Waals surface area (Å²) in [5.74, 6) is 0.761. The quantitative estimate of drug-likeness (QED) is 0.762. The van der Waals surface area contributed by atoms with Crippen molar-refractivity contribution in [1.29, 1.82) is 0 Å². The van der Waals surface area contributed by atoms with E-state index in [-0.39, 0.29) is 11.8 Å². The summed E-state index contributed by atoms with van der Waals surface area (Å²) in [6.45, 7) is 4.99. The summed E-state index contributed by atoms with van der Waals surface area (Å²) in [4.78, 5) is 29.5. The van der Waals surface area contributed by atoms with Crippen molar-refractivity contribution in [3.63, 3.8) is 0 Å². The second-order valence-electron chi connectivity index (χ2n) is 7.81. The van der Waals surface area contributed by atoms with E-state index in [9.17, 15) is 9.59 Å². The summed E-state index contributed by atoms with van der Waals surface area (Å²) < 4.78 is 6.00. The van der Waals surface area contributed by atoms with Crippen molar-refractivity contribution in [2.24, 2.45) is 5.10 Å². The SMILES string of the molecule is Cc1c(C(=O)N2CCN(C)CC2)oc2c1/C(=N/NC(=O)c1cccc(Cl)c1)CCC2. The highest BCUT2D eigenvalue weighted by molar-refractivity contribution is 6.31. The van der Waals surface area contributed by atoms with Crippen molar-refractivity contribution in [3.8, 4) is 0 Å². The number of hydrogen-bond donors (Lipinski definition) is 1. The summed E-state index contributed by atoms with van der Waals surface area (Å²) in [5, 5.41) is 4.86. The smallest absolute Gasteiger partial charge is 0.289 e. The number of piperazine rings is 1. The standard InChI is InChI=1S/C22H25ClN4O3/c1-14-19-17(24-25-21(28)15-5-3-6-16(23)13-15)7-4-8-18(19)30-20(14)22(29)27-11-9-26(2)10-12-27/h3,5-6,13H,4,7-12H2,1-2H3,(H,25,28)/b24-17+. The molecule has 1 fully saturated rings. The average Bonchev–Trinajstić information content (AvgIpc) is 3.09. The van der Waals surface area contributed by atoms with Crippen LogP contribution in [0.3, 0.4) is 0 Å². The van der Waals surface area contributed by atoms with E-state index in [0.29, 0.717) is 35.9 Å². The van der Waals surface area contributed by atoms with E-state index in [4.69, 9.17) is 16.0 Å². The number of aryl methyl sites for hydroxylation is 1. The van der Waals surface area contributed by atoms with Gasteiger partial charge in [0.15, 0.2) is 5.76 Å². The fourth-order valence-electron chi connectivity index (χ4n) is 3.95. The molecular formula is C22H25ClN4O3. The molecule has 30 heavy (non-hydrogen) atoms. The molecule has 2 amide bonds. The van der Waals surface area contributed by atoms with Crippen LogP contribution in [-0.4, -0.2) is 60.6 Å². The molecular weight excluding hydrogens is 404 g/mol. The van der Waals surface area contributed by atoms with Crippen molar-refractivity contribution in [2.45, 2.75) is 26.2 Å². The van der Waals surface area contributed by atoms with E-state index in [2.05, 4.69) is 22.5 Å². The molecule has 1 saturated heterocycles. The lowest BCUT2D eigenvalue weighted by Crippen LogP contribution is -2.47. The number of rotatable bonds is 3. The zero-order valence-electron chi connectivity index (χ0n) is 17.2. The van der Waals surface area contributed by atoms with Crippen LogP contribution in [0.25, 0.3) is 0 Å². The predicted molar refractivity (Wildman–Crippen MR) is 115 cm³/mol. The summed E-state index contributed by atoms with van der Waals surface area (Å²) in [7, 11) is 2.05. The molecule has 2 heterocycles. The maximum absolute atomic E-state index is 13.0. The van der Waals surface area contributed by atoms with Gasteiger partial charge in [-0.3, -0.25) is 9.59 Å². The van der Waals surface area contributed by atoms with Crippen LogP contribution in [0.1, 0.15) is 50.6 Å². The number of fused-ring (bicyclic) bond motifs is 1. The zero-order valence-corrected chi connectivity index (χ0v) is 18.0. The van der Waals surface area contributed by atoms with Crippen LogP contribution in [0.5, 0.6) is 0 Å². The molecule has 0 unspecified atom stereocenters. The van der Waals surface area contributed by atoms with Gasteiger partial charge in [0.25, 0.3) is 11.8 Å². The first-order chi connectivity index (χ1) is 14.4. The first kappa shape index (κ1) is 20.6. The Hall–Kier alpha value is -2.64. The number of amides is 2. The second kappa shape index (κ2) is 8.62. The minimum Gasteiger partial charge on any atom is -0.455 e.